The van der Waals surface area contributed by atoms with Crippen molar-refractivity contribution in [3.8, 4) is 0 Å². The van der Waals surface area contributed by atoms with Gasteiger partial charge in [-0.15, -0.1) is 10.2 Å². The average Bonchev–Trinajstić information content (AvgIpc) is 3.24. The lowest BCUT2D eigenvalue weighted by molar-refractivity contribution is 0.0790. The van der Waals surface area contributed by atoms with Crippen molar-refractivity contribution in [2.75, 3.05) is 32.7 Å². The monoisotopic (exact) mass is 340 g/mol. The summed E-state index contributed by atoms with van der Waals surface area (Å²) < 4.78 is 2.29. The molecule has 7 heteroatoms. The van der Waals surface area contributed by atoms with Crippen LogP contribution in [-0.4, -0.2) is 68.2 Å². The number of carbonyl (C=O) groups is 1. The van der Waals surface area contributed by atoms with Crippen molar-refractivity contribution in [1.29, 1.82) is 0 Å². The summed E-state index contributed by atoms with van der Waals surface area (Å²) in [5.74, 6) is 2.47. The summed E-state index contributed by atoms with van der Waals surface area (Å²) in [5, 5.41) is 8.91. The van der Waals surface area contributed by atoms with Crippen molar-refractivity contribution in [2.45, 2.75) is 32.2 Å². The zero-order valence-corrected chi connectivity index (χ0v) is 14.6. The molecule has 2 aliphatic rings. The summed E-state index contributed by atoms with van der Waals surface area (Å²) >= 11 is 0. The van der Waals surface area contributed by atoms with E-state index in [-0.39, 0.29) is 11.8 Å². The summed E-state index contributed by atoms with van der Waals surface area (Å²) in [6.07, 6.45) is 5.22. The first-order valence-electron chi connectivity index (χ1n) is 9.10. The SMILES string of the molecule is CCN1CCc2nnc(C3CCN(C(=O)c4cccnc4)C3)n2CC1. The topological polar surface area (TPSA) is 67.2 Å². The van der Waals surface area contributed by atoms with E-state index in [9.17, 15) is 4.79 Å². The Kier molecular flexibility index (Phi) is 4.48. The van der Waals surface area contributed by atoms with Crippen LogP contribution in [0, 0.1) is 0 Å². The van der Waals surface area contributed by atoms with Gasteiger partial charge in [-0.25, -0.2) is 0 Å². The van der Waals surface area contributed by atoms with Crippen LogP contribution in [-0.2, 0) is 13.0 Å². The molecule has 0 radical (unpaired) electrons. The summed E-state index contributed by atoms with van der Waals surface area (Å²) in [7, 11) is 0. The Morgan fingerprint density at radius 2 is 2.16 bits per heavy atom. The van der Waals surface area contributed by atoms with Crippen LogP contribution in [0.5, 0.6) is 0 Å². The van der Waals surface area contributed by atoms with Crippen LogP contribution < -0.4 is 0 Å². The van der Waals surface area contributed by atoms with Gasteiger partial charge < -0.3 is 14.4 Å². The largest absolute Gasteiger partial charge is 0.338 e. The van der Waals surface area contributed by atoms with Crippen molar-refractivity contribution in [2.24, 2.45) is 0 Å². The quantitative estimate of drug-likeness (QED) is 0.839. The lowest BCUT2D eigenvalue weighted by atomic mass is 10.1. The van der Waals surface area contributed by atoms with E-state index in [0.717, 1.165) is 57.2 Å². The molecule has 4 heterocycles. The first-order valence-corrected chi connectivity index (χ1v) is 9.10. The molecule has 0 N–H and O–H groups in total. The summed E-state index contributed by atoms with van der Waals surface area (Å²) in [6, 6.07) is 3.63. The molecule has 0 saturated carbocycles. The van der Waals surface area contributed by atoms with Gasteiger partial charge in [0, 0.05) is 57.5 Å². The molecule has 1 fully saturated rings. The number of hydrogen-bond acceptors (Lipinski definition) is 5. The minimum absolute atomic E-state index is 0.0587. The second-order valence-electron chi connectivity index (χ2n) is 6.79. The molecule has 0 aromatic carbocycles. The fraction of sp³-hybridized carbons (Fsp3) is 0.556. The Morgan fingerprint density at radius 3 is 2.96 bits per heavy atom. The van der Waals surface area contributed by atoms with Crippen LogP contribution in [0.3, 0.4) is 0 Å². The molecule has 132 valence electrons. The number of carbonyl (C=O) groups excluding carboxylic acids is 1. The molecular formula is C18H24N6O. The number of likely N-dealkylation sites (tertiary alicyclic amines) is 1. The average molecular weight is 340 g/mol. The lowest BCUT2D eigenvalue weighted by Gasteiger charge is -2.18. The molecule has 4 rings (SSSR count). The van der Waals surface area contributed by atoms with Crippen molar-refractivity contribution in [1.82, 2.24) is 29.5 Å². The van der Waals surface area contributed by atoms with Gasteiger partial charge in [-0.05, 0) is 25.1 Å². The smallest absolute Gasteiger partial charge is 0.255 e. The molecule has 1 saturated heterocycles. The molecule has 0 spiro atoms. The summed E-state index contributed by atoms with van der Waals surface area (Å²) in [5.41, 5.74) is 0.654. The molecule has 2 aromatic heterocycles. The molecule has 0 aliphatic carbocycles. The standard InChI is InChI=1S/C18H24N6O/c1-2-22-8-6-16-20-21-17(24(16)11-10-22)15-5-9-23(13-15)18(25)14-4-3-7-19-12-14/h3-4,7,12,15H,2,5-6,8-11,13H2,1H3. The van der Waals surface area contributed by atoms with E-state index in [1.807, 2.05) is 11.0 Å². The van der Waals surface area contributed by atoms with Crippen LogP contribution >= 0.6 is 0 Å². The first-order chi connectivity index (χ1) is 12.3. The van der Waals surface area contributed by atoms with E-state index in [1.54, 1.807) is 18.5 Å². The van der Waals surface area contributed by atoms with Crippen molar-refractivity contribution in [3.63, 3.8) is 0 Å². The number of aromatic nitrogens is 4. The molecule has 2 aliphatic heterocycles. The number of likely N-dealkylation sites (N-methyl/N-ethyl adjacent to an activating group) is 1. The van der Waals surface area contributed by atoms with Gasteiger partial charge in [0.15, 0.2) is 0 Å². The predicted molar refractivity (Wildman–Crippen MR) is 93.3 cm³/mol. The highest BCUT2D eigenvalue weighted by Crippen LogP contribution is 2.28. The minimum atomic E-state index is 0.0587. The van der Waals surface area contributed by atoms with Crippen molar-refractivity contribution < 1.29 is 4.79 Å². The van der Waals surface area contributed by atoms with E-state index in [0.29, 0.717) is 12.1 Å². The highest BCUT2D eigenvalue weighted by molar-refractivity contribution is 5.94. The third-order valence-electron chi connectivity index (χ3n) is 5.34. The number of fused-ring (bicyclic) bond motifs is 1. The van der Waals surface area contributed by atoms with Gasteiger partial charge >= 0.3 is 0 Å². The van der Waals surface area contributed by atoms with E-state index >= 15 is 0 Å². The van der Waals surface area contributed by atoms with Gasteiger partial charge in [0.25, 0.3) is 5.91 Å². The molecule has 1 amide bonds. The van der Waals surface area contributed by atoms with Gasteiger partial charge in [0.1, 0.15) is 11.6 Å². The maximum atomic E-state index is 12.6. The highest BCUT2D eigenvalue weighted by Gasteiger charge is 2.32. The Morgan fingerprint density at radius 1 is 1.24 bits per heavy atom. The molecule has 0 bridgehead atoms. The van der Waals surface area contributed by atoms with Gasteiger partial charge in [-0.3, -0.25) is 9.78 Å². The van der Waals surface area contributed by atoms with Crippen LogP contribution in [0.15, 0.2) is 24.5 Å². The van der Waals surface area contributed by atoms with Gasteiger partial charge in [0.05, 0.1) is 5.56 Å². The normalized spacial score (nSPS) is 21.2. The van der Waals surface area contributed by atoms with E-state index < -0.39 is 0 Å². The molecule has 1 unspecified atom stereocenters. The number of rotatable bonds is 3. The fourth-order valence-corrected chi connectivity index (χ4v) is 3.83. The molecule has 2 aromatic rings. The Hall–Kier alpha value is -2.28. The molecule has 1 atom stereocenters. The van der Waals surface area contributed by atoms with E-state index in [1.165, 1.54) is 0 Å². The van der Waals surface area contributed by atoms with Gasteiger partial charge in [-0.1, -0.05) is 6.92 Å². The number of hydrogen-bond donors (Lipinski definition) is 0. The first kappa shape index (κ1) is 16.2. The van der Waals surface area contributed by atoms with Gasteiger partial charge in [0.2, 0.25) is 0 Å². The van der Waals surface area contributed by atoms with Crippen molar-refractivity contribution in [3.05, 3.63) is 41.7 Å². The third-order valence-corrected chi connectivity index (χ3v) is 5.34. The lowest BCUT2D eigenvalue weighted by Crippen LogP contribution is -2.29. The van der Waals surface area contributed by atoms with E-state index in [4.69, 9.17) is 0 Å². The zero-order chi connectivity index (χ0) is 17.2. The number of pyridine rings is 1. The highest BCUT2D eigenvalue weighted by atomic mass is 16.2. The predicted octanol–water partition coefficient (Wildman–Crippen LogP) is 1.18. The minimum Gasteiger partial charge on any atom is -0.338 e. The van der Waals surface area contributed by atoms with Crippen LogP contribution in [0.25, 0.3) is 0 Å². The van der Waals surface area contributed by atoms with Gasteiger partial charge in [-0.2, -0.15) is 0 Å². The van der Waals surface area contributed by atoms with E-state index in [2.05, 4.69) is 31.6 Å². The summed E-state index contributed by atoms with van der Waals surface area (Å²) in [4.78, 5) is 21.0. The number of nitrogens with zero attached hydrogens (tertiary/aromatic N) is 6. The van der Waals surface area contributed by atoms with Crippen LogP contribution in [0.2, 0.25) is 0 Å². The molecule has 25 heavy (non-hydrogen) atoms. The Balaban J connectivity index is 1.48. The fourth-order valence-electron chi connectivity index (χ4n) is 3.83. The molecular weight excluding hydrogens is 316 g/mol. The summed E-state index contributed by atoms with van der Waals surface area (Å²) in [6.45, 7) is 7.78. The Labute approximate surface area is 147 Å². The zero-order valence-electron chi connectivity index (χ0n) is 14.6. The Bertz CT molecular complexity index is 743. The van der Waals surface area contributed by atoms with Crippen LogP contribution in [0.4, 0.5) is 0 Å². The maximum Gasteiger partial charge on any atom is 0.255 e. The third kappa shape index (κ3) is 3.16. The second kappa shape index (κ2) is 6.92. The maximum absolute atomic E-state index is 12.6. The number of amides is 1. The van der Waals surface area contributed by atoms with Crippen LogP contribution in [0.1, 0.15) is 41.3 Å². The second-order valence-corrected chi connectivity index (χ2v) is 6.79. The molecule has 7 nitrogen and oxygen atoms in total. The van der Waals surface area contributed by atoms with Crippen molar-refractivity contribution >= 4 is 5.91 Å².